The fourth-order valence-electron chi connectivity index (χ4n) is 2.72. The molecule has 0 radical (unpaired) electrons. The summed E-state index contributed by atoms with van der Waals surface area (Å²) in [6.45, 7) is 4.40. The maximum atomic E-state index is 5.21. The Kier molecular flexibility index (Phi) is 3.65. The molecule has 0 saturated carbocycles. The average molecular weight is 280 g/mol. The zero-order valence-corrected chi connectivity index (χ0v) is 12.7. The molecule has 3 heteroatoms. The number of ether oxygens (including phenoxy) is 1. The number of fused-ring (bicyclic) bond motifs is 1. The highest BCUT2D eigenvalue weighted by Gasteiger charge is 2.13. The summed E-state index contributed by atoms with van der Waals surface area (Å²) in [4.78, 5) is 4.80. The second-order valence-corrected chi connectivity index (χ2v) is 5.51. The van der Waals surface area contributed by atoms with E-state index in [4.69, 9.17) is 9.72 Å². The molecule has 0 aliphatic carbocycles. The summed E-state index contributed by atoms with van der Waals surface area (Å²) in [6, 6.07) is 16.9. The van der Waals surface area contributed by atoms with Gasteiger partial charge >= 0.3 is 0 Å². The van der Waals surface area contributed by atoms with Crippen molar-refractivity contribution < 1.29 is 4.74 Å². The smallest absolute Gasteiger partial charge is 0.118 e. The first-order valence-corrected chi connectivity index (χ1v) is 7.28. The molecular weight excluding hydrogens is 260 g/mol. The molecular formula is C18H20N2O. The Balaban J connectivity index is 2.00. The van der Waals surface area contributed by atoms with Crippen LogP contribution in [0.15, 0.2) is 48.5 Å². The number of benzene rings is 2. The van der Waals surface area contributed by atoms with E-state index in [9.17, 15) is 0 Å². The maximum Gasteiger partial charge on any atom is 0.118 e. The molecule has 1 heterocycles. The quantitative estimate of drug-likeness (QED) is 0.715. The molecule has 3 rings (SSSR count). The van der Waals surface area contributed by atoms with Gasteiger partial charge in [0, 0.05) is 12.5 Å². The summed E-state index contributed by atoms with van der Waals surface area (Å²) in [5.41, 5.74) is 3.51. The number of para-hydroxylation sites is 2. The highest BCUT2D eigenvalue weighted by atomic mass is 16.5. The van der Waals surface area contributed by atoms with E-state index in [1.54, 1.807) is 7.11 Å². The van der Waals surface area contributed by atoms with Gasteiger partial charge in [0.25, 0.3) is 0 Å². The fourth-order valence-corrected chi connectivity index (χ4v) is 2.72. The Hall–Kier alpha value is -2.29. The summed E-state index contributed by atoms with van der Waals surface area (Å²) in [5.74, 6) is 1.99. The van der Waals surface area contributed by atoms with E-state index < -0.39 is 0 Å². The van der Waals surface area contributed by atoms with Gasteiger partial charge in [-0.3, -0.25) is 0 Å². The summed E-state index contributed by atoms with van der Waals surface area (Å²) >= 11 is 0. The molecule has 3 aromatic rings. The molecule has 1 aromatic heterocycles. The van der Waals surface area contributed by atoms with Gasteiger partial charge < -0.3 is 9.30 Å². The van der Waals surface area contributed by atoms with Gasteiger partial charge in [0.05, 0.1) is 18.1 Å². The van der Waals surface area contributed by atoms with Crippen molar-refractivity contribution in [1.82, 2.24) is 9.55 Å². The van der Waals surface area contributed by atoms with E-state index in [0.717, 1.165) is 23.5 Å². The SMILES string of the molecule is COc1ccc(Cc2nc3ccccc3n2C(C)C)cc1. The molecule has 0 fully saturated rings. The number of nitrogens with zero attached hydrogens (tertiary/aromatic N) is 2. The molecule has 0 atom stereocenters. The highest BCUT2D eigenvalue weighted by Crippen LogP contribution is 2.23. The molecule has 0 unspecified atom stereocenters. The predicted octanol–water partition coefficient (Wildman–Crippen LogP) is 4.22. The van der Waals surface area contributed by atoms with E-state index in [1.165, 1.54) is 11.1 Å². The number of methoxy groups -OCH3 is 1. The number of imidazole rings is 1. The van der Waals surface area contributed by atoms with E-state index in [-0.39, 0.29) is 0 Å². The Bertz CT molecular complexity index is 742. The minimum Gasteiger partial charge on any atom is -0.497 e. The molecule has 3 nitrogen and oxygen atoms in total. The highest BCUT2D eigenvalue weighted by molar-refractivity contribution is 5.76. The molecule has 0 amide bonds. The monoisotopic (exact) mass is 280 g/mol. The standard InChI is InChI=1S/C18H20N2O/c1-13(2)20-17-7-5-4-6-16(17)19-18(20)12-14-8-10-15(21-3)11-9-14/h4-11,13H,12H2,1-3H3. The summed E-state index contributed by atoms with van der Waals surface area (Å²) in [6.07, 6.45) is 0.830. The van der Waals surface area contributed by atoms with Crippen LogP contribution in [-0.4, -0.2) is 16.7 Å². The van der Waals surface area contributed by atoms with Crippen LogP contribution in [0.1, 0.15) is 31.3 Å². The molecule has 21 heavy (non-hydrogen) atoms. The zero-order valence-electron chi connectivity index (χ0n) is 12.7. The minimum atomic E-state index is 0.394. The number of hydrogen-bond donors (Lipinski definition) is 0. The van der Waals surface area contributed by atoms with Gasteiger partial charge in [-0.15, -0.1) is 0 Å². The second kappa shape index (κ2) is 5.60. The molecule has 0 spiro atoms. The molecule has 0 aliphatic rings. The lowest BCUT2D eigenvalue weighted by Crippen LogP contribution is -2.06. The Morgan fingerprint density at radius 3 is 2.43 bits per heavy atom. The van der Waals surface area contributed by atoms with Gasteiger partial charge in [-0.1, -0.05) is 24.3 Å². The lowest BCUT2D eigenvalue weighted by atomic mass is 10.1. The first kappa shape index (κ1) is 13.7. The van der Waals surface area contributed by atoms with Gasteiger partial charge in [0.15, 0.2) is 0 Å². The van der Waals surface area contributed by atoms with Crippen LogP contribution in [-0.2, 0) is 6.42 Å². The summed E-state index contributed by atoms with van der Waals surface area (Å²) in [5, 5.41) is 0. The van der Waals surface area contributed by atoms with Crippen molar-refractivity contribution in [2.24, 2.45) is 0 Å². The van der Waals surface area contributed by atoms with Crippen LogP contribution >= 0.6 is 0 Å². The third kappa shape index (κ3) is 2.64. The van der Waals surface area contributed by atoms with Crippen LogP contribution in [0.25, 0.3) is 11.0 Å². The molecule has 108 valence electrons. The normalized spacial score (nSPS) is 11.2. The van der Waals surface area contributed by atoms with E-state index in [1.807, 2.05) is 18.2 Å². The molecule has 0 aliphatic heterocycles. The molecule has 0 saturated heterocycles. The van der Waals surface area contributed by atoms with Crippen molar-refractivity contribution in [2.75, 3.05) is 7.11 Å². The topological polar surface area (TPSA) is 27.1 Å². The van der Waals surface area contributed by atoms with Crippen molar-refractivity contribution in [3.8, 4) is 5.75 Å². The summed E-state index contributed by atoms with van der Waals surface area (Å²) in [7, 11) is 1.69. The number of hydrogen-bond acceptors (Lipinski definition) is 2. The van der Waals surface area contributed by atoms with Crippen molar-refractivity contribution in [3.63, 3.8) is 0 Å². The molecule has 0 bridgehead atoms. The van der Waals surface area contributed by atoms with E-state index in [0.29, 0.717) is 6.04 Å². The largest absolute Gasteiger partial charge is 0.497 e. The van der Waals surface area contributed by atoms with Crippen molar-refractivity contribution >= 4 is 11.0 Å². The minimum absolute atomic E-state index is 0.394. The van der Waals surface area contributed by atoms with Crippen molar-refractivity contribution in [3.05, 3.63) is 59.9 Å². The first-order chi connectivity index (χ1) is 10.2. The van der Waals surface area contributed by atoms with E-state index >= 15 is 0 Å². The lowest BCUT2D eigenvalue weighted by Gasteiger charge is -2.13. The lowest BCUT2D eigenvalue weighted by molar-refractivity contribution is 0.414. The second-order valence-electron chi connectivity index (χ2n) is 5.51. The number of aromatic nitrogens is 2. The third-order valence-corrected chi connectivity index (χ3v) is 3.71. The zero-order chi connectivity index (χ0) is 14.8. The number of rotatable bonds is 4. The van der Waals surface area contributed by atoms with Crippen LogP contribution in [0.3, 0.4) is 0 Å². The van der Waals surface area contributed by atoms with Gasteiger partial charge in [0.2, 0.25) is 0 Å². The first-order valence-electron chi connectivity index (χ1n) is 7.28. The average Bonchev–Trinajstić information content (AvgIpc) is 2.86. The molecule has 2 aromatic carbocycles. The van der Waals surface area contributed by atoms with Gasteiger partial charge in [-0.05, 0) is 43.7 Å². The van der Waals surface area contributed by atoms with Crippen LogP contribution in [0.4, 0.5) is 0 Å². The van der Waals surface area contributed by atoms with Crippen molar-refractivity contribution in [1.29, 1.82) is 0 Å². The molecule has 0 N–H and O–H groups in total. The van der Waals surface area contributed by atoms with Gasteiger partial charge in [-0.2, -0.15) is 0 Å². The summed E-state index contributed by atoms with van der Waals surface area (Å²) < 4.78 is 7.53. The maximum absolute atomic E-state index is 5.21. The van der Waals surface area contributed by atoms with Crippen LogP contribution in [0.5, 0.6) is 5.75 Å². The van der Waals surface area contributed by atoms with Gasteiger partial charge in [-0.25, -0.2) is 4.98 Å². The third-order valence-electron chi connectivity index (χ3n) is 3.71. The Morgan fingerprint density at radius 1 is 1.05 bits per heavy atom. The van der Waals surface area contributed by atoms with Gasteiger partial charge in [0.1, 0.15) is 11.6 Å². The van der Waals surface area contributed by atoms with Crippen LogP contribution in [0.2, 0.25) is 0 Å². The van der Waals surface area contributed by atoms with Crippen LogP contribution in [0, 0.1) is 0 Å². The fraction of sp³-hybridized carbons (Fsp3) is 0.278. The Morgan fingerprint density at radius 2 is 1.76 bits per heavy atom. The van der Waals surface area contributed by atoms with Crippen LogP contribution < -0.4 is 4.74 Å². The van der Waals surface area contributed by atoms with Crippen molar-refractivity contribution in [2.45, 2.75) is 26.3 Å². The Labute approximate surface area is 125 Å². The van der Waals surface area contributed by atoms with E-state index in [2.05, 4.69) is 48.7 Å². The predicted molar refractivity (Wildman–Crippen MR) is 85.9 cm³/mol.